The van der Waals surface area contributed by atoms with E-state index >= 15 is 0 Å². The molecule has 1 saturated carbocycles. The van der Waals surface area contributed by atoms with Crippen molar-refractivity contribution in [3.63, 3.8) is 0 Å². The third-order valence-corrected chi connectivity index (χ3v) is 4.77. The Bertz CT molecular complexity index is 337. The number of nitrogens with one attached hydrogen (secondary N) is 1. The smallest absolute Gasteiger partial charge is 0.122 e. The summed E-state index contributed by atoms with van der Waals surface area (Å²) >= 11 is 0. The van der Waals surface area contributed by atoms with Gasteiger partial charge in [-0.15, -0.1) is 0 Å². The number of rotatable bonds is 7. The van der Waals surface area contributed by atoms with E-state index in [2.05, 4.69) is 42.2 Å². The summed E-state index contributed by atoms with van der Waals surface area (Å²) in [4.78, 5) is 4.80. The molecule has 2 rings (SSSR count). The Labute approximate surface area is 124 Å². The van der Waals surface area contributed by atoms with Gasteiger partial charge in [0.25, 0.3) is 0 Å². The van der Waals surface area contributed by atoms with Crippen LogP contribution in [0.1, 0.15) is 32.6 Å². The molecule has 0 amide bonds. The molecule has 20 heavy (non-hydrogen) atoms. The summed E-state index contributed by atoms with van der Waals surface area (Å²) in [5.41, 5.74) is -0.289. The number of nitriles is 1. The van der Waals surface area contributed by atoms with Crippen LogP contribution in [-0.2, 0) is 0 Å². The van der Waals surface area contributed by atoms with Gasteiger partial charge in [-0.2, -0.15) is 5.26 Å². The third-order valence-electron chi connectivity index (χ3n) is 4.77. The minimum Gasteiger partial charge on any atom is -0.309 e. The molecule has 2 fully saturated rings. The summed E-state index contributed by atoms with van der Waals surface area (Å²) < 4.78 is 0. The molecule has 0 aromatic rings. The molecule has 0 spiro atoms. The number of likely N-dealkylation sites (N-methyl/N-ethyl adjacent to an activating group) is 1. The molecule has 0 bridgehead atoms. The van der Waals surface area contributed by atoms with Gasteiger partial charge in [-0.3, -0.25) is 5.32 Å². The van der Waals surface area contributed by atoms with E-state index in [1.54, 1.807) is 0 Å². The minimum absolute atomic E-state index is 0.289. The lowest BCUT2D eigenvalue weighted by Gasteiger charge is -2.38. The van der Waals surface area contributed by atoms with Crippen molar-refractivity contribution in [3.8, 4) is 6.07 Å². The SMILES string of the molecule is CCNC(C#N)(CN1CCC(CN(C)C)CC1)C1CC1. The van der Waals surface area contributed by atoms with Crippen LogP contribution in [0.5, 0.6) is 0 Å². The van der Waals surface area contributed by atoms with Crippen LogP contribution in [0.15, 0.2) is 0 Å². The first-order valence-corrected chi connectivity index (χ1v) is 8.13. The van der Waals surface area contributed by atoms with Gasteiger partial charge in [-0.25, -0.2) is 0 Å². The Balaban J connectivity index is 1.85. The van der Waals surface area contributed by atoms with Gasteiger partial charge < -0.3 is 9.80 Å². The lowest BCUT2D eigenvalue weighted by atomic mass is 9.91. The predicted molar refractivity (Wildman–Crippen MR) is 82.5 cm³/mol. The van der Waals surface area contributed by atoms with E-state index < -0.39 is 0 Å². The quantitative estimate of drug-likeness (QED) is 0.767. The zero-order valence-corrected chi connectivity index (χ0v) is 13.4. The summed E-state index contributed by atoms with van der Waals surface area (Å²) in [7, 11) is 4.32. The van der Waals surface area contributed by atoms with Gasteiger partial charge in [0.05, 0.1) is 6.07 Å². The summed E-state index contributed by atoms with van der Waals surface area (Å²) in [6, 6.07) is 2.61. The van der Waals surface area contributed by atoms with Crippen LogP contribution in [0, 0.1) is 23.2 Å². The Hall–Kier alpha value is -0.630. The monoisotopic (exact) mass is 278 g/mol. The predicted octanol–water partition coefficient (Wildman–Crippen LogP) is 1.54. The van der Waals surface area contributed by atoms with Gasteiger partial charge in [-0.1, -0.05) is 6.92 Å². The van der Waals surface area contributed by atoms with Crippen molar-refractivity contribution in [3.05, 3.63) is 0 Å². The van der Waals surface area contributed by atoms with Crippen molar-refractivity contribution >= 4 is 0 Å². The van der Waals surface area contributed by atoms with Gasteiger partial charge in [0.15, 0.2) is 0 Å². The van der Waals surface area contributed by atoms with Crippen molar-refractivity contribution in [2.45, 2.75) is 38.1 Å². The van der Waals surface area contributed by atoms with Crippen molar-refractivity contribution in [1.29, 1.82) is 5.26 Å². The molecular formula is C16H30N4. The Morgan fingerprint density at radius 2 is 1.90 bits per heavy atom. The van der Waals surface area contributed by atoms with Crippen LogP contribution < -0.4 is 5.32 Å². The number of nitrogens with zero attached hydrogens (tertiary/aromatic N) is 3. The van der Waals surface area contributed by atoms with E-state index in [4.69, 9.17) is 0 Å². The summed E-state index contributed by atoms with van der Waals surface area (Å²) in [5.74, 6) is 1.41. The van der Waals surface area contributed by atoms with Crippen LogP contribution in [-0.4, -0.2) is 62.2 Å². The van der Waals surface area contributed by atoms with Crippen molar-refractivity contribution in [2.24, 2.45) is 11.8 Å². The molecule has 2 aliphatic rings. The topological polar surface area (TPSA) is 42.3 Å². The van der Waals surface area contributed by atoms with Crippen LogP contribution in [0.3, 0.4) is 0 Å². The van der Waals surface area contributed by atoms with Crippen LogP contribution in [0.2, 0.25) is 0 Å². The summed E-state index contributed by atoms with van der Waals surface area (Å²) in [5, 5.41) is 13.2. The van der Waals surface area contributed by atoms with E-state index in [1.807, 2.05) is 0 Å². The van der Waals surface area contributed by atoms with Crippen molar-refractivity contribution < 1.29 is 0 Å². The summed E-state index contributed by atoms with van der Waals surface area (Å²) in [6.07, 6.45) is 4.99. The van der Waals surface area contributed by atoms with Gasteiger partial charge in [-0.05, 0) is 71.2 Å². The van der Waals surface area contributed by atoms with E-state index in [0.717, 1.165) is 32.1 Å². The van der Waals surface area contributed by atoms with E-state index in [9.17, 15) is 5.26 Å². The first kappa shape index (κ1) is 15.8. The fourth-order valence-electron chi connectivity index (χ4n) is 3.58. The maximum Gasteiger partial charge on any atom is 0.122 e. The molecule has 4 heteroatoms. The molecule has 1 saturated heterocycles. The number of likely N-dealkylation sites (tertiary alicyclic amines) is 1. The fraction of sp³-hybridized carbons (Fsp3) is 0.938. The zero-order chi connectivity index (χ0) is 14.6. The highest BCUT2D eigenvalue weighted by Gasteiger charge is 2.46. The molecule has 1 aliphatic heterocycles. The molecule has 1 unspecified atom stereocenters. The highest BCUT2D eigenvalue weighted by molar-refractivity contribution is 5.16. The minimum atomic E-state index is -0.289. The second-order valence-corrected chi connectivity index (χ2v) is 6.87. The Morgan fingerprint density at radius 1 is 1.25 bits per heavy atom. The second kappa shape index (κ2) is 6.89. The molecule has 1 heterocycles. The maximum absolute atomic E-state index is 9.67. The average Bonchev–Trinajstić information content (AvgIpc) is 3.24. The zero-order valence-electron chi connectivity index (χ0n) is 13.4. The average molecular weight is 278 g/mol. The molecule has 1 N–H and O–H groups in total. The first-order chi connectivity index (χ1) is 9.59. The van der Waals surface area contributed by atoms with E-state index in [-0.39, 0.29) is 5.54 Å². The lowest BCUT2D eigenvalue weighted by molar-refractivity contribution is 0.130. The normalized spacial score (nSPS) is 24.6. The molecule has 0 aromatic heterocycles. The fourth-order valence-corrected chi connectivity index (χ4v) is 3.58. The molecule has 1 atom stereocenters. The Morgan fingerprint density at radius 3 is 2.35 bits per heavy atom. The maximum atomic E-state index is 9.67. The molecule has 1 aliphatic carbocycles. The van der Waals surface area contributed by atoms with Crippen LogP contribution in [0.4, 0.5) is 0 Å². The highest BCUT2D eigenvalue weighted by Crippen LogP contribution is 2.40. The third kappa shape index (κ3) is 3.94. The second-order valence-electron chi connectivity index (χ2n) is 6.87. The number of hydrogen-bond acceptors (Lipinski definition) is 4. The van der Waals surface area contributed by atoms with E-state index in [1.165, 1.54) is 32.2 Å². The number of hydrogen-bond donors (Lipinski definition) is 1. The molecule has 0 aromatic carbocycles. The molecular weight excluding hydrogens is 248 g/mol. The Kier molecular flexibility index (Phi) is 5.42. The van der Waals surface area contributed by atoms with Crippen molar-refractivity contribution in [2.75, 3.05) is 46.8 Å². The van der Waals surface area contributed by atoms with E-state index in [0.29, 0.717) is 5.92 Å². The largest absolute Gasteiger partial charge is 0.309 e. The first-order valence-electron chi connectivity index (χ1n) is 8.13. The number of piperidine rings is 1. The van der Waals surface area contributed by atoms with Crippen molar-refractivity contribution in [1.82, 2.24) is 15.1 Å². The van der Waals surface area contributed by atoms with Crippen LogP contribution >= 0.6 is 0 Å². The van der Waals surface area contributed by atoms with Gasteiger partial charge in [0, 0.05) is 13.1 Å². The highest BCUT2D eigenvalue weighted by atomic mass is 15.2. The summed E-state index contributed by atoms with van der Waals surface area (Å²) in [6.45, 7) is 7.42. The van der Waals surface area contributed by atoms with Gasteiger partial charge in [0.1, 0.15) is 5.54 Å². The van der Waals surface area contributed by atoms with Gasteiger partial charge in [0.2, 0.25) is 0 Å². The standard InChI is InChI=1S/C16H30N4/c1-4-18-16(12-17,15-5-6-15)13-20-9-7-14(8-10-20)11-19(2)3/h14-15,18H,4-11,13H2,1-3H3. The molecule has 4 nitrogen and oxygen atoms in total. The lowest BCUT2D eigenvalue weighted by Crippen LogP contribution is -2.55. The molecule has 0 radical (unpaired) electrons. The molecule has 114 valence electrons. The van der Waals surface area contributed by atoms with Gasteiger partial charge >= 0.3 is 0 Å². The van der Waals surface area contributed by atoms with Crippen LogP contribution in [0.25, 0.3) is 0 Å².